The summed E-state index contributed by atoms with van der Waals surface area (Å²) >= 11 is 1.48. The summed E-state index contributed by atoms with van der Waals surface area (Å²) in [7, 11) is 5.31. The minimum atomic E-state index is -0.432. The predicted octanol–water partition coefficient (Wildman–Crippen LogP) is 2.94. The molecule has 0 radical (unpaired) electrons. The Kier molecular flexibility index (Phi) is 4.73. The number of hydrogen-bond donors (Lipinski definition) is 1. The Hall–Kier alpha value is -2.51. The van der Waals surface area contributed by atoms with E-state index in [4.69, 9.17) is 4.74 Å². The van der Waals surface area contributed by atoms with Gasteiger partial charge in [-0.3, -0.25) is 9.69 Å². The molecule has 0 aliphatic heterocycles. The van der Waals surface area contributed by atoms with Gasteiger partial charge in [-0.15, -0.1) is 11.3 Å². The van der Waals surface area contributed by atoms with E-state index in [-0.39, 0.29) is 5.91 Å². The Morgan fingerprint density at radius 3 is 2.79 bits per heavy atom. The molecule has 124 valence electrons. The fourth-order valence-corrected chi connectivity index (χ4v) is 3.16. The van der Waals surface area contributed by atoms with Gasteiger partial charge in [0.05, 0.1) is 18.3 Å². The number of nitrogens with zero attached hydrogens (tertiary/aromatic N) is 3. The molecule has 0 saturated carbocycles. The quantitative estimate of drug-likeness (QED) is 0.772. The Morgan fingerprint density at radius 1 is 1.29 bits per heavy atom. The van der Waals surface area contributed by atoms with Crippen LogP contribution in [0.4, 0.5) is 5.69 Å². The Bertz CT molecular complexity index is 849. The number of methoxy groups -OCH3 is 1. The number of anilines is 1. The van der Waals surface area contributed by atoms with Crippen LogP contribution in [-0.4, -0.2) is 42.0 Å². The molecule has 2 heterocycles. The summed E-state index contributed by atoms with van der Waals surface area (Å²) in [6.07, 6.45) is 1.69. The van der Waals surface area contributed by atoms with Crippen LogP contribution in [0.2, 0.25) is 0 Å². The Balaban J connectivity index is 1.87. The molecule has 1 aromatic carbocycles. The van der Waals surface area contributed by atoms with Crippen LogP contribution in [0.1, 0.15) is 11.7 Å². The summed E-state index contributed by atoms with van der Waals surface area (Å²) in [6, 6.07) is 7.10. The van der Waals surface area contributed by atoms with Gasteiger partial charge in [-0.1, -0.05) is 0 Å². The normalized spacial score (nSPS) is 12.3. The van der Waals surface area contributed by atoms with Crippen LogP contribution in [0.3, 0.4) is 0 Å². The number of carbonyl (C=O) groups excluding carboxylic acids is 1. The topological polar surface area (TPSA) is 67.3 Å². The van der Waals surface area contributed by atoms with Gasteiger partial charge in [0.1, 0.15) is 6.04 Å². The summed E-state index contributed by atoms with van der Waals surface area (Å²) in [4.78, 5) is 23.0. The second-order valence-corrected chi connectivity index (χ2v) is 6.24. The summed E-state index contributed by atoms with van der Waals surface area (Å²) in [5.41, 5.74) is 3.20. The van der Waals surface area contributed by atoms with E-state index in [1.807, 2.05) is 48.6 Å². The molecule has 1 unspecified atom stereocenters. The van der Waals surface area contributed by atoms with Gasteiger partial charge in [0.2, 0.25) is 11.8 Å². The zero-order chi connectivity index (χ0) is 17.1. The van der Waals surface area contributed by atoms with Crippen LogP contribution in [0.25, 0.3) is 10.8 Å². The smallest absolute Gasteiger partial charge is 0.247 e. The number of ether oxygens (including phenoxy) is 1. The number of benzene rings is 1. The molecule has 3 rings (SSSR count). The maximum absolute atomic E-state index is 12.7. The van der Waals surface area contributed by atoms with Crippen LogP contribution in [0.5, 0.6) is 5.88 Å². The lowest BCUT2D eigenvalue weighted by atomic mass is 10.1. The van der Waals surface area contributed by atoms with Crippen LogP contribution in [0.15, 0.2) is 41.4 Å². The number of aromatic nitrogens is 2. The van der Waals surface area contributed by atoms with Gasteiger partial charge in [0.15, 0.2) is 0 Å². The molecule has 0 spiro atoms. The van der Waals surface area contributed by atoms with Gasteiger partial charge in [-0.05, 0) is 43.7 Å². The number of hydrogen-bond acceptors (Lipinski definition) is 6. The van der Waals surface area contributed by atoms with E-state index in [0.717, 1.165) is 22.2 Å². The van der Waals surface area contributed by atoms with Gasteiger partial charge < -0.3 is 10.1 Å². The number of carbonyl (C=O) groups is 1. The highest BCUT2D eigenvalue weighted by Crippen LogP contribution is 2.27. The maximum Gasteiger partial charge on any atom is 0.247 e. The molecule has 2 aromatic heterocycles. The first kappa shape index (κ1) is 16.4. The summed E-state index contributed by atoms with van der Waals surface area (Å²) in [5, 5.41) is 6.71. The third kappa shape index (κ3) is 3.22. The molecular weight excluding hydrogens is 324 g/mol. The van der Waals surface area contributed by atoms with Gasteiger partial charge >= 0.3 is 0 Å². The molecule has 0 bridgehead atoms. The predicted molar refractivity (Wildman–Crippen MR) is 95.5 cm³/mol. The van der Waals surface area contributed by atoms with Crippen molar-refractivity contribution >= 4 is 33.7 Å². The summed E-state index contributed by atoms with van der Waals surface area (Å²) in [5.74, 6) is 0.449. The van der Waals surface area contributed by atoms with Gasteiger partial charge in [-0.2, -0.15) is 0 Å². The fourth-order valence-electron chi connectivity index (χ4n) is 2.59. The fraction of sp³-hybridized carbons (Fsp3) is 0.235. The zero-order valence-corrected chi connectivity index (χ0v) is 14.5. The molecule has 1 atom stereocenters. The molecule has 0 aliphatic carbocycles. The highest BCUT2D eigenvalue weighted by atomic mass is 32.1. The highest BCUT2D eigenvalue weighted by molar-refractivity contribution is 7.07. The summed E-state index contributed by atoms with van der Waals surface area (Å²) in [6.45, 7) is 0. The number of likely N-dealkylation sites (N-methyl/N-ethyl adjacent to an activating group) is 1. The SMILES string of the molecule is COc1nccc2cc(NC(=O)C(c3cscn3)N(C)C)ccc12. The Labute approximate surface area is 144 Å². The number of pyridine rings is 1. The zero-order valence-electron chi connectivity index (χ0n) is 13.7. The lowest BCUT2D eigenvalue weighted by Gasteiger charge is -2.21. The van der Waals surface area contributed by atoms with Crippen molar-refractivity contribution in [3.8, 4) is 5.88 Å². The molecule has 1 N–H and O–H groups in total. The van der Waals surface area contributed by atoms with Gasteiger partial charge in [0, 0.05) is 22.7 Å². The van der Waals surface area contributed by atoms with Crippen molar-refractivity contribution in [2.24, 2.45) is 0 Å². The molecule has 0 saturated heterocycles. The number of rotatable bonds is 5. The number of fused-ring (bicyclic) bond motifs is 1. The van der Waals surface area contributed by atoms with E-state index in [0.29, 0.717) is 5.88 Å². The van der Waals surface area contributed by atoms with Crippen molar-refractivity contribution in [1.29, 1.82) is 0 Å². The first-order valence-electron chi connectivity index (χ1n) is 7.38. The third-order valence-corrected chi connectivity index (χ3v) is 4.29. The first-order valence-corrected chi connectivity index (χ1v) is 8.32. The first-order chi connectivity index (χ1) is 11.6. The molecule has 24 heavy (non-hydrogen) atoms. The molecule has 1 amide bonds. The highest BCUT2D eigenvalue weighted by Gasteiger charge is 2.24. The molecule has 7 heteroatoms. The van der Waals surface area contributed by atoms with E-state index < -0.39 is 6.04 Å². The van der Waals surface area contributed by atoms with Crippen LogP contribution in [0, 0.1) is 0 Å². The minimum absolute atomic E-state index is 0.119. The van der Waals surface area contributed by atoms with Crippen molar-refractivity contribution in [3.05, 3.63) is 47.0 Å². The molecule has 0 fully saturated rings. The van der Waals surface area contributed by atoms with Crippen molar-refractivity contribution in [3.63, 3.8) is 0 Å². The van der Waals surface area contributed by atoms with E-state index >= 15 is 0 Å². The average Bonchev–Trinajstić information content (AvgIpc) is 3.07. The van der Waals surface area contributed by atoms with Crippen molar-refractivity contribution < 1.29 is 9.53 Å². The Morgan fingerprint density at radius 2 is 2.12 bits per heavy atom. The van der Waals surface area contributed by atoms with Crippen molar-refractivity contribution in [2.45, 2.75) is 6.04 Å². The molecular formula is C17H18N4O2S. The maximum atomic E-state index is 12.7. The standard InChI is InChI=1S/C17H18N4O2S/c1-21(2)15(14-9-24-10-19-14)16(22)20-12-4-5-13-11(8-12)6-7-18-17(13)23-3/h4-10,15H,1-3H3,(H,20,22). The van der Waals surface area contributed by atoms with E-state index in [1.54, 1.807) is 18.8 Å². The molecule has 6 nitrogen and oxygen atoms in total. The van der Waals surface area contributed by atoms with E-state index in [1.165, 1.54) is 11.3 Å². The van der Waals surface area contributed by atoms with Crippen LogP contribution < -0.4 is 10.1 Å². The number of thiazole rings is 1. The number of amides is 1. The lowest BCUT2D eigenvalue weighted by molar-refractivity contribution is -0.120. The lowest BCUT2D eigenvalue weighted by Crippen LogP contribution is -2.32. The second-order valence-electron chi connectivity index (χ2n) is 5.52. The molecule has 0 aliphatic rings. The van der Waals surface area contributed by atoms with Crippen molar-refractivity contribution in [1.82, 2.24) is 14.9 Å². The van der Waals surface area contributed by atoms with Crippen LogP contribution >= 0.6 is 11.3 Å². The van der Waals surface area contributed by atoms with Crippen LogP contribution in [-0.2, 0) is 4.79 Å². The summed E-state index contributed by atoms with van der Waals surface area (Å²) < 4.78 is 5.25. The van der Waals surface area contributed by atoms with E-state index in [2.05, 4.69) is 15.3 Å². The van der Waals surface area contributed by atoms with Gasteiger partial charge in [-0.25, -0.2) is 9.97 Å². The third-order valence-electron chi connectivity index (χ3n) is 3.69. The number of nitrogens with one attached hydrogen (secondary N) is 1. The second kappa shape index (κ2) is 6.94. The van der Waals surface area contributed by atoms with E-state index in [9.17, 15) is 4.79 Å². The van der Waals surface area contributed by atoms with Crippen molar-refractivity contribution in [2.75, 3.05) is 26.5 Å². The average molecular weight is 342 g/mol. The monoisotopic (exact) mass is 342 g/mol. The largest absolute Gasteiger partial charge is 0.481 e. The minimum Gasteiger partial charge on any atom is -0.481 e. The molecule has 3 aromatic rings. The van der Waals surface area contributed by atoms with Gasteiger partial charge in [0.25, 0.3) is 0 Å².